The topological polar surface area (TPSA) is 91.7 Å². The summed E-state index contributed by atoms with van der Waals surface area (Å²) in [7, 11) is -3.93. The van der Waals surface area contributed by atoms with Crippen molar-refractivity contribution in [3.8, 4) is 0 Å². The SMILES string of the molecule is C[C@@H](C(=O)N1CCCC(Cn2cccc2)C1)N1CC[C@H](NS(=O)(=O)c2ccc3cc(Cl)ccc3c2)C1=O. The van der Waals surface area contributed by atoms with Gasteiger partial charge in [0.1, 0.15) is 12.1 Å². The van der Waals surface area contributed by atoms with Gasteiger partial charge in [0.2, 0.25) is 21.8 Å². The third-order valence-corrected chi connectivity index (χ3v) is 9.12. The molecule has 2 saturated heterocycles. The first-order valence-electron chi connectivity index (χ1n) is 12.6. The molecule has 10 heteroatoms. The maximum atomic E-state index is 13.3. The summed E-state index contributed by atoms with van der Waals surface area (Å²) in [6.07, 6.45) is 6.36. The third kappa shape index (κ3) is 5.54. The van der Waals surface area contributed by atoms with Gasteiger partial charge in [-0.15, -0.1) is 0 Å². The standard InChI is InChI=1S/C27H31ClN4O4S/c1-19(26(33)31-13-4-5-20(18-31)17-30-11-2-3-12-30)32-14-10-25(27(32)34)29-37(35,36)24-9-7-21-15-23(28)8-6-22(21)16-24/h2-3,6-9,11-12,15-16,19-20,25,29H,4-5,10,13-14,17-18H2,1H3/t19-,20?,25-/m0/s1. The lowest BCUT2D eigenvalue weighted by Gasteiger charge is -2.36. The molecule has 5 rings (SSSR count). The van der Waals surface area contributed by atoms with Gasteiger partial charge < -0.3 is 14.4 Å². The van der Waals surface area contributed by atoms with E-state index in [1.54, 1.807) is 37.3 Å². The van der Waals surface area contributed by atoms with Crippen LogP contribution >= 0.6 is 11.6 Å². The van der Waals surface area contributed by atoms with Crippen molar-refractivity contribution >= 4 is 44.2 Å². The van der Waals surface area contributed by atoms with Crippen molar-refractivity contribution in [2.75, 3.05) is 19.6 Å². The molecule has 3 aromatic rings. The molecule has 2 amide bonds. The van der Waals surface area contributed by atoms with Crippen molar-refractivity contribution in [1.82, 2.24) is 19.1 Å². The largest absolute Gasteiger partial charge is 0.354 e. The van der Waals surface area contributed by atoms with E-state index in [2.05, 4.69) is 9.29 Å². The number of sulfonamides is 1. The number of carbonyl (C=O) groups is 2. The molecule has 1 N–H and O–H groups in total. The van der Waals surface area contributed by atoms with Crippen LogP contribution in [-0.4, -0.2) is 66.3 Å². The van der Waals surface area contributed by atoms with E-state index in [0.717, 1.165) is 30.2 Å². The molecule has 1 aromatic heterocycles. The highest BCUT2D eigenvalue weighted by atomic mass is 35.5. The molecule has 3 atom stereocenters. The Balaban J connectivity index is 1.22. The molecule has 1 unspecified atom stereocenters. The Labute approximate surface area is 222 Å². The number of fused-ring (bicyclic) bond motifs is 1. The minimum Gasteiger partial charge on any atom is -0.354 e. The number of likely N-dealkylation sites (tertiary alicyclic amines) is 2. The summed E-state index contributed by atoms with van der Waals surface area (Å²) in [5.41, 5.74) is 0. The second-order valence-corrected chi connectivity index (χ2v) is 12.1. The number of hydrogen-bond donors (Lipinski definition) is 1. The molecule has 0 bridgehead atoms. The summed E-state index contributed by atoms with van der Waals surface area (Å²) in [6.45, 7) is 4.26. The van der Waals surface area contributed by atoms with E-state index >= 15 is 0 Å². The molecule has 0 radical (unpaired) electrons. The molecule has 0 saturated carbocycles. The predicted octanol–water partition coefficient (Wildman–Crippen LogP) is 3.50. The van der Waals surface area contributed by atoms with Gasteiger partial charge in [-0.1, -0.05) is 23.7 Å². The number of nitrogens with zero attached hydrogens (tertiary/aromatic N) is 3. The Morgan fingerprint density at radius 2 is 1.81 bits per heavy atom. The molecule has 196 valence electrons. The number of nitrogens with one attached hydrogen (secondary N) is 1. The highest BCUT2D eigenvalue weighted by Crippen LogP contribution is 2.25. The van der Waals surface area contributed by atoms with Gasteiger partial charge in [-0.05, 0) is 79.3 Å². The summed E-state index contributed by atoms with van der Waals surface area (Å²) in [4.78, 5) is 29.9. The van der Waals surface area contributed by atoms with E-state index in [9.17, 15) is 18.0 Å². The highest BCUT2D eigenvalue weighted by Gasteiger charge is 2.40. The van der Waals surface area contributed by atoms with Gasteiger partial charge in [0.15, 0.2) is 0 Å². The highest BCUT2D eigenvalue weighted by molar-refractivity contribution is 7.89. The fourth-order valence-electron chi connectivity index (χ4n) is 5.41. The van der Waals surface area contributed by atoms with Gasteiger partial charge in [-0.2, -0.15) is 4.72 Å². The van der Waals surface area contributed by atoms with E-state index in [-0.39, 0.29) is 16.7 Å². The molecule has 2 fully saturated rings. The lowest BCUT2D eigenvalue weighted by atomic mass is 9.97. The molecule has 0 spiro atoms. The number of aromatic nitrogens is 1. The van der Waals surface area contributed by atoms with Crippen LogP contribution in [0.3, 0.4) is 0 Å². The number of amides is 2. The van der Waals surface area contributed by atoms with Crippen LogP contribution in [0.1, 0.15) is 26.2 Å². The summed E-state index contributed by atoms with van der Waals surface area (Å²) in [5, 5.41) is 2.14. The minimum absolute atomic E-state index is 0.0812. The van der Waals surface area contributed by atoms with Gasteiger partial charge in [0.25, 0.3) is 0 Å². The summed E-state index contributed by atoms with van der Waals surface area (Å²) in [6, 6.07) is 12.4. The second kappa shape index (κ2) is 10.5. The molecule has 0 aliphatic carbocycles. The van der Waals surface area contributed by atoms with E-state index < -0.39 is 22.1 Å². The lowest BCUT2D eigenvalue weighted by Crippen LogP contribution is -2.52. The number of benzene rings is 2. The Hall–Kier alpha value is -2.88. The van der Waals surface area contributed by atoms with Gasteiger partial charge in [-0.25, -0.2) is 8.42 Å². The van der Waals surface area contributed by atoms with E-state index in [0.29, 0.717) is 37.0 Å². The van der Waals surface area contributed by atoms with Gasteiger partial charge >= 0.3 is 0 Å². The monoisotopic (exact) mass is 542 g/mol. The Morgan fingerprint density at radius 3 is 2.59 bits per heavy atom. The van der Waals surface area contributed by atoms with Crippen molar-refractivity contribution in [3.05, 3.63) is 65.9 Å². The fourth-order valence-corrected chi connectivity index (χ4v) is 6.85. The zero-order valence-corrected chi connectivity index (χ0v) is 22.3. The van der Waals surface area contributed by atoms with Crippen molar-refractivity contribution in [2.45, 2.75) is 49.7 Å². The molecular formula is C27H31ClN4O4S. The minimum atomic E-state index is -3.93. The van der Waals surface area contributed by atoms with Crippen LogP contribution < -0.4 is 4.72 Å². The first-order chi connectivity index (χ1) is 17.7. The summed E-state index contributed by atoms with van der Waals surface area (Å²) >= 11 is 6.02. The first-order valence-corrected chi connectivity index (χ1v) is 14.5. The predicted molar refractivity (Wildman–Crippen MR) is 143 cm³/mol. The molecule has 2 aliphatic heterocycles. The number of halogens is 1. The van der Waals surface area contributed by atoms with E-state index in [1.165, 1.54) is 11.0 Å². The number of hydrogen-bond acceptors (Lipinski definition) is 4. The van der Waals surface area contributed by atoms with Crippen LogP contribution in [0.25, 0.3) is 10.8 Å². The van der Waals surface area contributed by atoms with Crippen molar-refractivity contribution < 1.29 is 18.0 Å². The number of piperidine rings is 1. The zero-order chi connectivity index (χ0) is 26.2. The third-order valence-electron chi connectivity index (χ3n) is 7.41. The average Bonchev–Trinajstić information content (AvgIpc) is 3.52. The van der Waals surface area contributed by atoms with Gasteiger partial charge in [0, 0.05) is 43.6 Å². The van der Waals surface area contributed by atoms with Crippen molar-refractivity contribution in [1.29, 1.82) is 0 Å². The maximum Gasteiger partial charge on any atom is 0.245 e. The van der Waals surface area contributed by atoms with Crippen molar-refractivity contribution in [3.63, 3.8) is 0 Å². The van der Waals surface area contributed by atoms with Crippen LogP contribution in [0.5, 0.6) is 0 Å². The van der Waals surface area contributed by atoms with Gasteiger partial charge in [0.05, 0.1) is 4.90 Å². The molecular weight excluding hydrogens is 512 g/mol. The summed E-state index contributed by atoms with van der Waals surface area (Å²) < 4.78 is 30.9. The average molecular weight is 543 g/mol. The Kier molecular flexibility index (Phi) is 7.29. The van der Waals surface area contributed by atoms with E-state index in [4.69, 9.17) is 11.6 Å². The summed E-state index contributed by atoms with van der Waals surface area (Å²) in [5.74, 6) is -0.0794. The molecule has 2 aliphatic rings. The number of carbonyl (C=O) groups excluding carboxylic acids is 2. The van der Waals surface area contributed by atoms with Gasteiger partial charge in [-0.3, -0.25) is 9.59 Å². The lowest BCUT2D eigenvalue weighted by molar-refractivity contribution is -0.144. The molecule has 3 heterocycles. The zero-order valence-electron chi connectivity index (χ0n) is 20.7. The quantitative estimate of drug-likeness (QED) is 0.494. The molecule has 8 nitrogen and oxygen atoms in total. The van der Waals surface area contributed by atoms with Crippen LogP contribution in [0.15, 0.2) is 65.8 Å². The number of rotatable bonds is 7. The molecule has 2 aromatic carbocycles. The van der Waals surface area contributed by atoms with Crippen molar-refractivity contribution in [2.24, 2.45) is 5.92 Å². The van der Waals surface area contributed by atoms with Crippen LogP contribution in [-0.2, 0) is 26.2 Å². The van der Waals surface area contributed by atoms with Crippen LogP contribution in [0, 0.1) is 5.92 Å². The van der Waals surface area contributed by atoms with Crippen LogP contribution in [0.2, 0.25) is 5.02 Å². The normalized spacial score (nSPS) is 21.5. The second-order valence-electron chi connectivity index (χ2n) is 10.00. The van der Waals surface area contributed by atoms with Crippen LogP contribution in [0.4, 0.5) is 0 Å². The smallest absolute Gasteiger partial charge is 0.245 e. The first kappa shape index (κ1) is 25.8. The Morgan fingerprint density at radius 1 is 1.08 bits per heavy atom. The maximum absolute atomic E-state index is 13.3. The Bertz CT molecular complexity index is 1410. The molecule has 37 heavy (non-hydrogen) atoms. The fraction of sp³-hybridized carbons (Fsp3) is 0.407. The van der Waals surface area contributed by atoms with E-state index in [1.807, 2.05) is 29.4 Å².